The number of nitrogens with one attached hydrogen (secondary N) is 1. The van der Waals surface area contributed by atoms with Crippen LogP contribution < -0.4 is 11.2 Å². The number of carbonyl (C=O) groups is 2. The van der Waals surface area contributed by atoms with Crippen LogP contribution in [0.5, 0.6) is 0 Å². The zero-order valence-corrected chi connectivity index (χ0v) is 9.98. The summed E-state index contributed by atoms with van der Waals surface area (Å²) in [6.45, 7) is 1.10. The Morgan fingerprint density at radius 2 is 2.18 bits per heavy atom. The Morgan fingerprint density at radius 3 is 2.71 bits per heavy atom. The highest BCUT2D eigenvalue weighted by molar-refractivity contribution is 5.73. The first kappa shape index (κ1) is 15.8. The summed E-state index contributed by atoms with van der Waals surface area (Å²) >= 11 is 0. The number of carboxylic acid groups (broad SMARTS) is 1. The van der Waals surface area contributed by atoms with Gasteiger partial charge in [-0.1, -0.05) is 0 Å². The number of aliphatic carboxylic acids is 1. The van der Waals surface area contributed by atoms with E-state index in [0.717, 1.165) is 6.42 Å². The number of carbonyl (C=O) groups excluding carboxylic acids is 1. The van der Waals surface area contributed by atoms with Crippen LogP contribution in [0.4, 0.5) is 0 Å². The third kappa shape index (κ3) is 8.61. The highest BCUT2D eigenvalue weighted by Crippen LogP contribution is 2.05. The molecular weight excluding hydrogens is 228 g/mol. The van der Waals surface area contributed by atoms with E-state index in [1.54, 1.807) is 7.11 Å². The van der Waals surface area contributed by atoms with E-state index < -0.39 is 17.9 Å². The first-order chi connectivity index (χ1) is 8.11. The molecule has 0 spiro atoms. The average Bonchev–Trinajstić information content (AvgIpc) is 2.29. The number of rotatable bonds is 10. The first-order valence-electron chi connectivity index (χ1n) is 5.46. The minimum Gasteiger partial charge on any atom is -0.481 e. The van der Waals surface area contributed by atoms with Crippen molar-refractivity contribution in [3.63, 3.8) is 0 Å². The summed E-state index contributed by atoms with van der Waals surface area (Å²) in [4.78, 5) is 26.5. The quantitative estimate of drug-likeness (QED) is 0.353. The van der Waals surface area contributed by atoms with Crippen molar-refractivity contribution in [1.82, 2.24) is 5.48 Å². The molecule has 0 aromatic carbocycles. The Hall–Kier alpha value is -1.18. The van der Waals surface area contributed by atoms with E-state index in [1.165, 1.54) is 0 Å². The predicted molar refractivity (Wildman–Crippen MR) is 60.0 cm³/mol. The Labute approximate surface area is 100 Å². The molecule has 0 radical (unpaired) electrons. The summed E-state index contributed by atoms with van der Waals surface area (Å²) in [6.07, 6.45) is 0.945. The van der Waals surface area contributed by atoms with Crippen LogP contribution in [-0.2, 0) is 19.2 Å². The lowest BCUT2D eigenvalue weighted by molar-refractivity contribution is -0.152. The lowest BCUT2D eigenvalue weighted by Gasteiger charge is -2.09. The fraction of sp³-hybridized carbons (Fsp3) is 0.800. The number of methoxy groups -OCH3 is 1. The highest BCUT2D eigenvalue weighted by Gasteiger charge is 2.17. The monoisotopic (exact) mass is 248 g/mol. The maximum Gasteiger partial charge on any atom is 0.324 e. The van der Waals surface area contributed by atoms with Crippen molar-refractivity contribution in [3.8, 4) is 0 Å². The van der Waals surface area contributed by atoms with Gasteiger partial charge in [-0.05, 0) is 12.8 Å². The van der Waals surface area contributed by atoms with Gasteiger partial charge in [0.25, 0.3) is 0 Å². The Bertz CT molecular complexity index is 235. The van der Waals surface area contributed by atoms with Gasteiger partial charge < -0.3 is 20.4 Å². The molecule has 0 aromatic rings. The number of hydrogen-bond donors (Lipinski definition) is 3. The van der Waals surface area contributed by atoms with E-state index in [4.69, 9.17) is 15.6 Å². The minimum atomic E-state index is -0.992. The molecule has 7 nitrogen and oxygen atoms in total. The van der Waals surface area contributed by atoms with E-state index in [2.05, 4.69) is 10.3 Å². The molecule has 0 saturated carbocycles. The smallest absolute Gasteiger partial charge is 0.324 e. The van der Waals surface area contributed by atoms with Gasteiger partial charge in [0.05, 0.1) is 5.92 Å². The summed E-state index contributed by atoms with van der Waals surface area (Å²) in [7, 11) is 1.59. The van der Waals surface area contributed by atoms with Gasteiger partial charge in [0.2, 0.25) is 0 Å². The number of hydrogen-bond acceptors (Lipinski definition) is 6. The molecule has 0 saturated heterocycles. The maximum absolute atomic E-state index is 11.2. The van der Waals surface area contributed by atoms with Gasteiger partial charge in [-0.25, -0.2) is 0 Å². The van der Waals surface area contributed by atoms with E-state index in [-0.39, 0.29) is 19.4 Å². The van der Waals surface area contributed by atoms with Crippen LogP contribution in [-0.4, -0.2) is 43.9 Å². The van der Waals surface area contributed by atoms with E-state index in [0.29, 0.717) is 13.2 Å². The van der Waals surface area contributed by atoms with Crippen molar-refractivity contribution in [2.45, 2.75) is 19.3 Å². The molecule has 17 heavy (non-hydrogen) atoms. The lowest BCUT2D eigenvalue weighted by atomic mass is 10.0. The van der Waals surface area contributed by atoms with Gasteiger partial charge in [0.15, 0.2) is 0 Å². The predicted octanol–water partition coefficient (Wildman–Crippen LogP) is -0.490. The van der Waals surface area contributed by atoms with Crippen molar-refractivity contribution in [3.05, 3.63) is 0 Å². The standard InChI is InChI=1S/C10H20N2O5/c1-16-6-2-5-12-17-9(13)4-3-8(7-11)10(14)15/h8,12H,2-7,11H2,1H3,(H,14,15). The first-order valence-corrected chi connectivity index (χ1v) is 5.46. The molecule has 7 heteroatoms. The van der Waals surface area contributed by atoms with E-state index in [1.807, 2.05) is 0 Å². The van der Waals surface area contributed by atoms with Crippen molar-refractivity contribution >= 4 is 11.9 Å². The molecule has 0 aromatic heterocycles. The van der Waals surface area contributed by atoms with Gasteiger partial charge in [-0.15, -0.1) is 0 Å². The fourth-order valence-electron chi connectivity index (χ4n) is 1.11. The van der Waals surface area contributed by atoms with Gasteiger partial charge in [0, 0.05) is 33.2 Å². The second-order valence-corrected chi connectivity index (χ2v) is 3.52. The summed E-state index contributed by atoms with van der Waals surface area (Å²) in [5, 5.41) is 8.70. The fourth-order valence-corrected chi connectivity index (χ4v) is 1.11. The number of ether oxygens (including phenoxy) is 1. The van der Waals surface area contributed by atoms with Crippen LogP contribution in [0, 0.1) is 5.92 Å². The highest BCUT2D eigenvalue weighted by atomic mass is 16.7. The third-order valence-electron chi connectivity index (χ3n) is 2.14. The average molecular weight is 248 g/mol. The van der Waals surface area contributed by atoms with Gasteiger partial charge >= 0.3 is 11.9 Å². The molecule has 1 atom stereocenters. The van der Waals surface area contributed by atoms with Gasteiger partial charge in [0.1, 0.15) is 0 Å². The Balaban J connectivity index is 3.55. The molecule has 0 bridgehead atoms. The van der Waals surface area contributed by atoms with Crippen molar-refractivity contribution < 1.29 is 24.3 Å². The normalized spacial score (nSPS) is 12.1. The van der Waals surface area contributed by atoms with Crippen LogP contribution in [0.1, 0.15) is 19.3 Å². The van der Waals surface area contributed by atoms with Crippen LogP contribution in [0.15, 0.2) is 0 Å². The topological polar surface area (TPSA) is 111 Å². The zero-order chi connectivity index (χ0) is 13.1. The molecule has 0 amide bonds. The minimum absolute atomic E-state index is 0.0177. The van der Waals surface area contributed by atoms with Crippen LogP contribution in [0.2, 0.25) is 0 Å². The van der Waals surface area contributed by atoms with Crippen LogP contribution in [0.25, 0.3) is 0 Å². The molecule has 0 heterocycles. The summed E-state index contributed by atoms with van der Waals surface area (Å²) in [5.74, 6) is -2.17. The Kier molecular flexibility index (Phi) is 9.31. The molecule has 0 aliphatic carbocycles. The second kappa shape index (κ2) is 10.0. The largest absolute Gasteiger partial charge is 0.481 e. The van der Waals surface area contributed by atoms with Crippen molar-refractivity contribution in [2.24, 2.45) is 11.7 Å². The lowest BCUT2D eigenvalue weighted by Crippen LogP contribution is -2.26. The summed E-state index contributed by atoms with van der Waals surface area (Å²) in [5.41, 5.74) is 7.74. The van der Waals surface area contributed by atoms with Crippen molar-refractivity contribution in [1.29, 1.82) is 0 Å². The summed E-state index contributed by atoms with van der Waals surface area (Å²) < 4.78 is 4.81. The van der Waals surface area contributed by atoms with Crippen LogP contribution >= 0.6 is 0 Å². The molecule has 4 N–H and O–H groups in total. The van der Waals surface area contributed by atoms with Crippen molar-refractivity contribution in [2.75, 3.05) is 26.8 Å². The number of carboxylic acids is 1. The SMILES string of the molecule is COCCCNOC(=O)CCC(CN)C(=O)O. The molecule has 100 valence electrons. The maximum atomic E-state index is 11.2. The van der Waals surface area contributed by atoms with E-state index in [9.17, 15) is 9.59 Å². The zero-order valence-electron chi connectivity index (χ0n) is 9.98. The van der Waals surface area contributed by atoms with Crippen LogP contribution in [0.3, 0.4) is 0 Å². The molecule has 1 unspecified atom stereocenters. The third-order valence-corrected chi connectivity index (χ3v) is 2.14. The molecule has 0 rings (SSSR count). The number of nitrogens with two attached hydrogens (primary N) is 1. The van der Waals surface area contributed by atoms with Gasteiger partial charge in [-0.3, -0.25) is 9.59 Å². The van der Waals surface area contributed by atoms with E-state index >= 15 is 0 Å². The molecule has 0 aliphatic heterocycles. The molecule has 0 fully saturated rings. The molecular formula is C10H20N2O5. The summed E-state index contributed by atoms with van der Waals surface area (Å²) in [6, 6.07) is 0. The second-order valence-electron chi connectivity index (χ2n) is 3.52. The number of hydroxylamine groups is 1. The Morgan fingerprint density at radius 1 is 1.47 bits per heavy atom. The molecule has 0 aliphatic rings. The van der Waals surface area contributed by atoms with Gasteiger partial charge in [-0.2, -0.15) is 5.48 Å².